The fraction of sp³-hybridized carbons (Fsp3) is 0.263. The largest absolute Gasteiger partial charge is 0.382 e. The minimum Gasteiger partial charge on any atom is -0.382 e. The van der Waals surface area contributed by atoms with Gasteiger partial charge in [-0.2, -0.15) is 0 Å². The van der Waals surface area contributed by atoms with Gasteiger partial charge in [0, 0.05) is 7.11 Å². The highest BCUT2D eigenvalue weighted by atomic mass is 16.5. The number of methoxy groups -OCH3 is 1. The van der Waals surface area contributed by atoms with E-state index in [-0.39, 0.29) is 6.10 Å². The Labute approximate surface area is 125 Å². The lowest BCUT2D eigenvalue weighted by atomic mass is 9.97. The molecule has 0 aromatic heterocycles. The molecule has 3 aromatic rings. The van der Waals surface area contributed by atoms with Gasteiger partial charge in [-0.1, -0.05) is 48.5 Å². The van der Waals surface area contributed by atoms with Crippen LogP contribution in [0.4, 0.5) is 0 Å². The van der Waals surface area contributed by atoms with Crippen molar-refractivity contribution in [2.45, 2.75) is 19.6 Å². The van der Waals surface area contributed by atoms with Gasteiger partial charge in [0.15, 0.2) is 0 Å². The predicted octanol–water partition coefficient (Wildman–Crippen LogP) is 4.54. The lowest BCUT2D eigenvalue weighted by molar-refractivity contribution is 0.000706. The third-order valence-corrected chi connectivity index (χ3v) is 3.80. The SMILES string of the molecule is COCC(C)OCc1c2ccccc2cc2ccccc12. The van der Waals surface area contributed by atoms with E-state index in [4.69, 9.17) is 9.47 Å². The molecule has 0 aliphatic carbocycles. The molecular formula is C19H20O2. The monoisotopic (exact) mass is 280 g/mol. The molecule has 0 saturated heterocycles. The van der Waals surface area contributed by atoms with Gasteiger partial charge in [-0.05, 0) is 40.1 Å². The molecule has 0 heterocycles. The van der Waals surface area contributed by atoms with Gasteiger partial charge in [0.1, 0.15) is 0 Å². The van der Waals surface area contributed by atoms with Gasteiger partial charge in [-0.3, -0.25) is 0 Å². The van der Waals surface area contributed by atoms with Crippen LogP contribution in [0, 0.1) is 0 Å². The maximum Gasteiger partial charge on any atom is 0.0784 e. The topological polar surface area (TPSA) is 18.5 Å². The molecule has 3 rings (SSSR count). The molecule has 1 atom stereocenters. The second-order valence-corrected chi connectivity index (χ2v) is 5.37. The van der Waals surface area contributed by atoms with Gasteiger partial charge in [0.25, 0.3) is 0 Å². The first-order valence-electron chi connectivity index (χ1n) is 7.29. The first kappa shape index (κ1) is 14.1. The summed E-state index contributed by atoms with van der Waals surface area (Å²) in [6.07, 6.45) is 0.0905. The molecule has 0 aliphatic rings. The molecule has 2 nitrogen and oxygen atoms in total. The maximum absolute atomic E-state index is 5.96. The zero-order chi connectivity index (χ0) is 14.7. The third kappa shape index (κ3) is 2.92. The quantitative estimate of drug-likeness (QED) is 0.639. The number of ether oxygens (including phenoxy) is 2. The molecule has 3 aromatic carbocycles. The average Bonchev–Trinajstić information content (AvgIpc) is 2.51. The Kier molecular flexibility index (Phi) is 4.18. The summed E-state index contributed by atoms with van der Waals surface area (Å²) in [5, 5.41) is 5.05. The Bertz CT molecular complexity index is 695. The van der Waals surface area contributed by atoms with Crippen molar-refractivity contribution < 1.29 is 9.47 Å². The first-order chi connectivity index (χ1) is 10.3. The van der Waals surface area contributed by atoms with Crippen LogP contribution in [0.5, 0.6) is 0 Å². The number of hydrogen-bond acceptors (Lipinski definition) is 2. The second-order valence-electron chi connectivity index (χ2n) is 5.37. The number of benzene rings is 3. The molecule has 21 heavy (non-hydrogen) atoms. The summed E-state index contributed by atoms with van der Waals surface area (Å²) >= 11 is 0. The normalized spacial score (nSPS) is 12.9. The molecular weight excluding hydrogens is 260 g/mol. The van der Waals surface area contributed by atoms with Crippen LogP contribution < -0.4 is 0 Å². The summed E-state index contributed by atoms with van der Waals surface area (Å²) in [5.74, 6) is 0. The molecule has 0 aliphatic heterocycles. The molecule has 0 spiro atoms. The van der Waals surface area contributed by atoms with E-state index in [2.05, 4.69) is 54.6 Å². The Balaban J connectivity index is 2.07. The van der Waals surface area contributed by atoms with E-state index in [1.807, 2.05) is 6.92 Å². The molecule has 0 fully saturated rings. The highest BCUT2D eigenvalue weighted by Gasteiger charge is 2.09. The van der Waals surface area contributed by atoms with Gasteiger partial charge in [0.05, 0.1) is 19.3 Å². The fourth-order valence-corrected chi connectivity index (χ4v) is 2.77. The molecule has 0 bridgehead atoms. The molecule has 108 valence electrons. The van der Waals surface area contributed by atoms with Crippen molar-refractivity contribution >= 4 is 21.5 Å². The molecule has 0 radical (unpaired) electrons. The van der Waals surface area contributed by atoms with Crippen molar-refractivity contribution in [1.82, 2.24) is 0 Å². The Morgan fingerprint density at radius 1 is 0.905 bits per heavy atom. The summed E-state index contributed by atoms with van der Waals surface area (Å²) in [6, 6.07) is 19.2. The van der Waals surface area contributed by atoms with E-state index < -0.39 is 0 Å². The van der Waals surface area contributed by atoms with E-state index in [1.165, 1.54) is 27.1 Å². The van der Waals surface area contributed by atoms with Crippen LogP contribution in [0.15, 0.2) is 54.6 Å². The predicted molar refractivity (Wildman–Crippen MR) is 87.6 cm³/mol. The van der Waals surface area contributed by atoms with Crippen LogP contribution in [-0.4, -0.2) is 19.8 Å². The highest BCUT2D eigenvalue weighted by molar-refractivity contribution is 6.02. The molecule has 0 amide bonds. The van der Waals surface area contributed by atoms with Gasteiger partial charge >= 0.3 is 0 Å². The highest BCUT2D eigenvalue weighted by Crippen LogP contribution is 2.29. The van der Waals surface area contributed by atoms with Gasteiger partial charge in [0.2, 0.25) is 0 Å². The summed E-state index contributed by atoms with van der Waals surface area (Å²) in [7, 11) is 1.70. The van der Waals surface area contributed by atoms with Crippen LogP contribution in [0.2, 0.25) is 0 Å². The minimum atomic E-state index is 0.0905. The van der Waals surface area contributed by atoms with Crippen LogP contribution in [-0.2, 0) is 16.1 Å². The Hall–Kier alpha value is -1.90. The van der Waals surface area contributed by atoms with E-state index >= 15 is 0 Å². The van der Waals surface area contributed by atoms with Crippen LogP contribution in [0.25, 0.3) is 21.5 Å². The first-order valence-corrected chi connectivity index (χ1v) is 7.29. The van der Waals surface area contributed by atoms with Crippen molar-refractivity contribution in [2.24, 2.45) is 0 Å². The van der Waals surface area contributed by atoms with Crippen molar-refractivity contribution in [3.8, 4) is 0 Å². The van der Waals surface area contributed by atoms with E-state index in [0.717, 1.165) is 0 Å². The second kappa shape index (κ2) is 6.25. The fourth-order valence-electron chi connectivity index (χ4n) is 2.77. The zero-order valence-electron chi connectivity index (χ0n) is 12.5. The Morgan fingerprint density at radius 3 is 2.05 bits per heavy atom. The summed E-state index contributed by atoms with van der Waals surface area (Å²) in [5.41, 5.74) is 1.26. The summed E-state index contributed by atoms with van der Waals surface area (Å²) in [4.78, 5) is 0. The standard InChI is InChI=1S/C19H20O2/c1-14(12-20-2)21-13-19-17-9-5-3-7-15(17)11-16-8-4-6-10-18(16)19/h3-11,14H,12-13H2,1-2H3. The van der Waals surface area contributed by atoms with Gasteiger partial charge in [-0.25, -0.2) is 0 Å². The third-order valence-electron chi connectivity index (χ3n) is 3.80. The summed E-state index contributed by atoms with van der Waals surface area (Å²) < 4.78 is 11.1. The van der Waals surface area contributed by atoms with Gasteiger partial charge in [-0.15, -0.1) is 0 Å². The lowest BCUT2D eigenvalue weighted by Gasteiger charge is -2.15. The molecule has 0 N–H and O–H groups in total. The van der Waals surface area contributed by atoms with Crippen molar-refractivity contribution in [2.75, 3.05) is 13.7 Å². The number of rotatable bonds is 5. The van der Waals surface area contributed by atoms with E-state index in [1.54, 1.807) is 7.11 Å². The van der Waals surface area contributed by atoms with Crippen LogP contribution in [0.1, 0.15) is 12.5 Å². The number of hydrogen-bond donors (Lipinski definition) is 0. The smallest absolute Gasteiger partial charge is 0.0784 e. The van der Waals surface area contributed by atoms with E-state index in [0.29, 0.717) is 13.2 Å². The molecule has 2 heteroatoms. The minimum absolute atomic E-state index is 0.0905. The summed E-state index contributed by atoms with van der Waals surface area (Å²) in [6.45, 7) is 3.26. The van der Waals surface area contributed by atoms with Crippen molar-refractivity contribution in [3.05, 3.63) is 60.2 Å². The Morgan fingerprint density at radius 2 is 1.48 bits per heavy atom. The van der Waals surface area contributed by atoms with Gasteiger partial charge < -0.3 is 9.47 Å². The number of fused-ring (bicyclic) bond motifs is 2. The van der Waals surface area contributed by atoms with Crippen molar-refractivity contribution in [3.63, 3.8) is 0 Å². The maximum atomic E-state index is 5.96. The average molecular weight is 280 g/mol. The van der Waals surface area contributed by atoms with Crippen LogP contribution >= 0.6 is 0 Å². The molecule has 0 saturated carbocycles. The zero-order valence-corrected chi connectivity index (χ0v) is 12.5. The van der Waals surface area contributed by atoms with Crippen molar-refractivity contribution in [1.29, 1.82) is 0 Å². The lowest BCUT2D eigenvalue weighted by Crippen LogP contribution is -2.14. The van der Waals surface area contributed by atoms with E-state index in [9.17, 15) is 0 Å². The van der Waals surface area contributed by atoms with Crippen LogP contribution in [0.3, 0.4) is 0 Å². The molecule has 1 unspecified atom stereocenters.